The van der Waals surface area contributed by atoms with E-state index in [2.05, 4.69) is 57.1 Å². The molecule has 0 spiro atoms. The van der Waals surface area contributed by atoms with Crippen molar-refractivity contribution in [2.75, 3.05) is 27.8 Å². The van der Waals surface area contributed by atoms with Gasteiger partial charge in [-0.05, 0) is 0 Å². The van der Waals surface area contributed by atoms with Crippen LogP contribution in [0.25, 0.3) is 0 Å². The number of hydrogen-bond donors (Lipinski definition) is 0. The summed E-state index contributed by atoms with van der Waals surface area (Å²) in [6, 6.07) is 9.33. The maximum absolute atomic E-state index is 6.14. The van der Waals surface area contributed by atoms with Crippen LogP contribution in [0.1, 0.15) is 51.1 Å². The quantitative estimate of drug-likeness (QED) is 0.531. The molecule has 23 heavy (non-hydrogen) atoms. The Labute approximate surface area is 147 Å². The normalized spacial score (nSPS) is 26.4. The summed E-state index contributed by atoms with van der Waals surface area (Å²) in [6.07, 6.45) is 4.72. The van der Waals surface area contributed by atoms with Crippen LogP contribution >= 0.6 is 0 Å². The van der Waals surface area contributed by atoms with Crippen LogP contribution in [0, 0.1) is 0 Å². The molecule has 0 aromatic heterocycles. The Morgan fingerprint density at radius 1 is 1.30 bits per heavy atom. The van der Waals surface area contributed by atoms with E-state index in [-0.39, 0.29) is 5.79 Å². The Balaban J connectivity index is 2.26. The fourth-order valence-electron chi connectivity index (χ4n) is 3.30. The molecule has 1 fully saturated rings. The number of ether oxygens (including phenoxy) is 2. The first-order valence-electron chi connectivity index (χ1n) is 8.65. The second kappa shape index (κ2) is 8.64. The summed E-state index contributed by atoms with van der Waals surface area (Å²) in [6.45, 7) is 5.07. The summed E-state index contributed by atoms with van der Waals surface area (Å²) in [5, 5.41) is 0. The first-order valence-corrected chi connectivity index (χ1v) is 10.5. The van der Waals surface area contributed by atoms with E-state index in [0.717, 1.165) is 13.0 Å². The summed E-state index contributed by atoms with van der Waals surface area (Å²) < 4.78 is 13.6. The number of rotatable bonds is 7. The van der Waals surface area contributed by atoms with E-state index in [0.29, 0.717) is 25.8 Å². The van der Waals surface area contributed by atoms with Crippen LogP contribution in [0.15, 0.2) is 24.3 Å². The Morgan fingerprint density at radius 3 is 2.70 bits per heavy atom. The molecular weight excluding hydrogens is 353 g/mol. The van der Waals surface area contributed by atoms with E-state index in [4.69, 9.17) is 9.47 Å². The minimum absolute atomic E-state index is 0.354. The molecule has 0 bridgehead atoms. The average molecular weight is 384 g/mol. The van der Waals surface area contributed by atoms with Crippen LogP contribution < -0.4 is 4.46 Å². The van der Waals surface area contributed by atoms with Crippen LogP contribution in [0.3, 0.4) is 0 Å². The Morgan fingerprint density at radius 2 is 2.04 bits per heavy atom. The molecule has 0 radical (unpaired) electrons. The van der Waals surface area contributed by atoms with Crippen LogP contribution in [0.2, 0.25) is 4.82 Å². The molecule has 0 N–H and O–H groups in total. The van der Waals surface area contributed by atoms with Gasteiger partial charge in [-0.15, -0.1) is 0 Å². The zero-order valence-electron chi connectivity index (χ0n) is 15.2. The first-order chi connectivity index (χ1) is 11.0. The van der Waals surface area contributed by atoms with Crippen molar-refractivity contribution in [1.29, 1.82) is 0 Å². The van der Waals surface area contributed by atoms with Gasteiger partial charge in [0.1, 0.15) is 0 Å². The molecule has 1 unspecified atom stereocenters. The molecule has 1 aliphatic carbocycles. The number of nitrogens with zero attached hydrogens (tertiary/aromatic N) is 1. The van der Waals surface area contributed by atoms with Gasteiger partial charge in [-0.2, -0.15) is 0 Å². The van der Waals surface area contributed by atoms with Gasteiger partial charge >= 0.3 is 148 Å². The zero-order chi connectivity index (χ0) is 16.9. The third kappa shape index (κ3) is 4.37. The third-order valence-electron chi connectivity index (χ3n) is 4.88. The summed E-state index contributed by atoms with van der Waals surface area (Å²) in [4.78, 5) is 2.77. The summed E-state index contributed by atoms with van der Waals surface area (Å²) in [7, 11) is 6.11. The molecule has 0 heterocycles. The molecule has 4 heteroatoms. The Kier molecular flexibility index (Phi) is 7.12. The molecule has 2 rings (SSSR count). The monoisotopic (exact) mass is 385 g/mol. The van der Waals surface area contributed by atoms with Crippen molar-refractivity contribution in [3.8, 4) is 0 Å². The van der Waals surface area contributed by atoms with Crippen LogP contribution in [-0.4, -0.2) is 53.5 Å². The van der Waals surface area contributed by atoms with E-state index in [9.17, 15) is 0 Å². The fourth-order valence-corrected chi connectivity index (χ4v) is 6.62. The van der Waals surface area contributed by atoms with Crippen molar-refractivity contribution in [3.63, 3.8) is 0 Å². The SMILES string of the molecule is CCO[C@]1(OC)CCCCC1[Se]c1ccccc1[C@@H](C)N(C)C. The van der Waals surface area contributed by atoms with E-state index in [1.54, 1.807) is 0 Å². The molecule has 3 nitrogen and oxygen atoms in total. The second-order valence-electron chi connectivity index (χ2n) is 6.48. The molecule has 0 amide bonds. The topological polar surface area (TPSA) is 21.7 Å². The van der Waals surface area contributed by atoms with Crippen LogP contribution in [0.4, 0.5) is 0 Å². The second-order valence-corrected chi connectivity index (χ2v) is 9.09. The molecule has 1 aromatic rings. The van der Waals surface area contributed by atoms with E-state index in [1.165, 1.54) is 29.3 Å². The van der Waals surface area contributed by atoms with Gasteiger partial charge in [0.25, 0.3) is 0 Å². The predicted octanol–water partition coefficient (Wildman–Crippen LogP) is 3.38. The van der Waals surface area contributed by atoms with Crippen molar-refractivity contribution in [3.05, 3.63) is 29.8 Å². The summed E-state index contributed by atoms with van der Waals surface area (Å²) in [5.74, 6) is -0.374. The Bertz CT molecular complexity index is 490. The van der Waals surface area contributed by atoms with Crippen molar-refractivity contribution in [2.45, 2.75) is 56.2 Å². The van der Waals surface area contributed by atoms with Crippen molar-refractivity contribution >= 4 is 19.4 Å². The van der Waals surface area contributed by atoms with Gasteiger partial charge in [0.2, 0.25) is 0 Å². The van der Waals surface area contributed by atoms with Crippen LogP contribution in [-0.2, 0) is 9.47 Å². The Hall–Kier alpha value is -0.381. The van der Waals surface area contributed by atoms with Gasteiger partial charge in [-0.3, -0.25) is 0 Å². The number of methoxy groups -OCH3 is 1. The molecule has 1 aliphatic rings. The van der Waals surface area contributed by atoms with Gasteiger partial charge in [0, 0.05) is 0 Å². The molecule has 0 aliphatic heterocycles. The van der Waals surface area contributed by atoms with E-state index >= 15 is 0 Å². The fraction of sp³-hybridized carbons (Fsp3) is 0.684. The number of benzene rings is 1. The molecule has 0 saturated heterocycles. The van der Waals surface area contributed by atoms with Gasteiger partial charge in [0.05, 0.1) is 0 Å². The van der Waals surface area contributed by atoms with Gasteiger partial charge in [0.15, 0.2) is 0 Å². The number of hydrogen-bond acceptors (Lipinski definition) is 3. The van der Waals surface area contributed by atoms with Gasteiger partial charge < -0.3 is 0 Å². The first kappa shape index (κ1) is 19.0. The van der Waals surface area contributed by atoms with Crippen molar-refractivity contribution in [2.24, 2.45) is 0 Å². The maximum atomic E-state index is 6.14. The van der Waals surface area contributed by atoms with Gasteiger partial charge in [-0.25, -0.2) is 0 Å². The molecule has 130 valence electrons. The zero-order valence-corrected chi connectivity index (χ0v) is 16.9. The summed E-state index contributed by atoms with van der Waals surface area (Å²) >= 11 is 0.354. The van der Waals surface area contributed by atoms with Gasteiger partial charge in [-0.1, -0.05) is 0 Å². The molecule has 1 saturated carbocycles. The standard InChI is InChI=1S/C19H31NO2Se/c1-6-22-19(21-5)14-10-9-13-18(19)23-17-12-8-7-11-16(17)15(2)20(3)4/h7-8,11-12,15,18H,6,9-10,13-14H2,1-5H3/t15-,18?,19-/m1/s1. The van der Waals surface area contributed by atoms with Crippen molar-refractivity contribution < 1.29 is 9.47 Å². The van der Waals surface area contributed by atoms with E-state index < -0.39 is 0 Å². The van der Waals surface area contributed by atoms with Crippen LogP contribution in [0.5, 0.6) is 0 Å². The van der Waals surface area contributed by atoms with E-state index in [1.807, 2.05) is 7.11 Å². The third-order valence-corrected chi connectivity index (χ3v) is 8.04. The summed E-state index contributed by atoms with van der Waals surface area (Å²) in [5.41, 5.74) is 1.45. The minimum atomic E-state index is -0.374. The van der Waals surface area contributed by atoms with Crippen molar-refractivity contribution in [1.82, 2.24) is 4.90 Å². The predicted molar refractivity (Wildman–Crippen MR) is 97.5 cm³/mol. The molecular formula is C19H31NO2Se. The molecule has 3 atom stereocenters. The molecule has 1 aromatic carbocycles. The average Bonchev–Trinajstić information content (AvgIpc) is 2.56.